The first-order valence-electron chi connectivity index (χ1n) is 5.97. The molecule has 0 radical (unpaired) electrons. The van der Waals surface area contributed by atoms with Crippen LogP contribution in [-0.2, 0) is 4.74 Å². The van der Waals surface area contributed by atoms with Crippen molar-refractivity contribution >= 4 is 5.96 Å². The molecule has 0 amide bonds. The maximum Gasteiger partial charge on any atom is 0.208 e. The minimum absolute atomic E-state index is 0.140. The van der Waals surface area contributed by atoms with Gasteiger partial charge in [0.05, 0.1) is 17.7 Å². The molecule has 5 heteroatoms. The molecule has 0 aromatic rings. The normalized spacial score (nSPS) is 30.4. The minimum atomic E-state index is -0.140. The number of nitrogens with one attached hydrogen (secondary N) is 1. The summed E-state index contributed by atoms with van der Waals surface area (Å²) in [7, 11) is 0. The summed E-state index contributed by atoms with van der Waals surface area (Å²) in [5, 5.41) is 0. The number of hydrazine groups is 1. The topological polar surface area (TPSA) is 62.9 Å². The zero-order valence-corrected chi connectivity index (χ0v) is 10.4. The Bertz CT molecular complexity index is 286. The quantitative estimate of drug-likeness (QED) is 0.295. The van der Waals surface area contributed by atoms with Crippen LogP contribution in [0, 0.1) is 0 Å². The Morgan fingerprint density at radius 2 is 2.19 bits per heavy atom. The van der Waals surface area contributed by atoms with Gasteiger partial charge in [0.25, 0.3) is 0 Å². The van der Waals surface area contributed by atoms with E-state index >= 15 is 0 Å². The molecule has 3 N–H and O–H groups in total. The van der Waals surface area contributed by atoms with Crippen molar-refractivity contribution in [1.82, 2.24) is 10.3 Å². The predicted molar refractivity (Wildman–Crippen MR) is 64.0 cm³/mol. The van der Waals surface area contributed by atoms with Crippen LogP contribution in [0.15, 0.2) is 4.99 Å². The summed E-state index contributed by atoms with van der Waals surface area (Å²) < 4.78 is 5.85. The van der Waals surface area contributed by atoms with Gasteiger partial charge in [-0.15, -0.1) is 0 Å². The smallest absolute Gasteiger partial charge is 0.208 e. The Morgan fingerprint density at radius 3 is 2.69 bits per heavy atom. The fourth-order valence-electron chi connectivity index (χ4n) is 2.20. The number of aliphatic imine (C=N–C) groups is 1. The summed E-state index contributed by atoms with van der Waals surface area (Å²) in [5.41, 5.74) is 2.58. The highest BCUT2D eigenvalue weighted by Crippen LogP contribution is 2.25. The number of rotatable bonds is 1. The first kappa shape index (κ1) is 11.7. The van der Waals surface area contributed by atoms with E-state index in [-0.39, 0.29) is 11.7 Å². The van der Waals surface area contributed by atoms with Crippen LogP contribution in [0.4, 0.5) is 0 Å². The van der Waals surface area contributed by atoms with Crippen LogP contribution in [0.5, 0.6) is 0 Å². The van der Waals surface area contributed by atoms with Gasteiger partial charge in [-0.25, -0.2) is 10.8 Å². The number of ether oxygens (including phenoxy) is 1. The molecule has 1 saturated heterocycles. The van der Waals surface area contributed by atoms with Gasteiger partial charge >= 0.3 is 0 Å². The zero-order valence-electron chi connectivity index (χ0n) is 10.4. The predicted octanol–water partition coefficient (Wildman–Crippen LogP) is 0.467. The van der Waals surface area contributed by atoms with Crippen LogP contribution in [0.2, 0.25) is 0 Å². The van der Waals surface area contributed by atoms with Crippen LogP contribution in [0.3, 0.4) is 0 Å². The van der Waals surface area contributed by atoms with Crippen molar-refractivity contribution in [2.45, 2.75) is 51.4 Å². The van der Waals surface area contributed by atoms with E-state index in [1.807, 2.05) is 0 Å². The lowest BCUT2D eigenvalue weighted by Crippen LogP contribution is -2.57. The van der Waals surface area contributed by atoms with E-state index in [4.69, 9.17) is 10.6 Å². The lowest BCUT2D eigenvalue weighted by Gasteiger charge is -2.42. The van der Waals surface area contributed by atoms with Crippen LogP contribution >= 0.6 is 0 Å². The molecular weight excluding hydrogens is 204 g/mol. The summed E-state index contributed by atoms with van der Waals surface area (Å²) in [6.45, 7) is 7.95. The van der Waals surface area contributed by atoms with E-state index in [1.54, 1.807) is 0 Å². The molecule has 1 heterocycles. The van der Waals surface area contributed by atoms with E-state index in [0.29, 0.717) is 6.04 Å². The third kappa shape index (κ3) is 2.86. The molecule has 1 saturated carbocycles. The summed E-state index contributed by atoms with van der Waals surface area (Å²) in [5.74, 6) is 6.36. The van der Waals surface area contributed by atoms with Gasteiger partial charge in [0, 0.05) is 13.1 Å². The highest BCUT2D eigenvalue weighted by atomic mass is 16.5. The highest BCUT2D eigenvalue weighted by molar-refractivity contribution is 5.80. The average Bonchev–Trinajstić information content (AvgIpc) is 2.94. The zero-order chi connectivity index (χ0) is 11.8. The third-order valence-corrected chi connectivity index (χ3v) is 2.85. The lowest BCUT2D eigenvalue weighted by molar-refractivity contribution is -0.113. The fourth-order valence-corrected chi connectivity index (χ4v) is 2.20. The van der Waals surface area contributed by atoms with Crippen LogP contribution < -0.4 is 11.3 Å². The van der Waals surface area contributed by atoms with Crippen LogP contribution in [0.25, 0.3) is 0 Å². The Hall–Kier alpha value is -0.810. The van der Waals surface area contributed by atoms with Crippen molar-refractivity contribution in [3.05, 3.63) is 0 Å². The van der Waals surface area contributed by atoms with E-state index in [2.05, 4.69) is 36.1 Å². The van der Waals surface area contributed by atoms with Gasteiger partial charge in [0.2, 0.25) is 5.96 Å². The number of hydrogen-bond acceptors (Lipinski definition) is 3. The van der Waals surface area contributed by atoms with Gasteiger partial charge in [-0.2, -0.15) is 0 Å². The first-order chi connectivity index (χ1) is 7.50. The number of nitrogens with two attached hydrogens (primary N) is 1. The molecule has 2 rings (SSSR count). The van der Waals surface area contributed by atoms with Crippen molar-refractivity contribution in [2.75, 3.05) is 13.1 Å². The second-order valence-corrected chi connectivity index (χ2v) is 5.40. The highest BCUT2D eigenvalue weighted by Gasteiger charge is 2.33. The van der Waals surface area contributed by atoms with Gasteiger partial charge in [-0.1, -0.05) is 0 Å². The molecule has 92 valence electrons. The van der Waals surface area contributed by atoms with Crippen molar-refractivity contribution in [3.8, 4) is 0 Å². The monoisotopic (exact) mass is 226 g/mol. The standard InChI is InChI=1S/C11H22N4O/c1-8-6-15(7-11(2,3)16-8)10(14-12)13-9-4-5-9/h8-9H,4-7,12H2,1-3H3,(H,13,14). The van der Waals surface area contributed by atoms with E-state index in [9.17, 15) is 0 Å². The number of nitrogens with zero attached hydrogens (tertiary/aromatic N) is 2. The summed E-state index contributed by atoms with van der Waals surface area (Å²) >= 11 is 0. The molecule has 1 unspecified atom stereocenters. The second kappa shape index (κ2) is 4.22. The maximum absolute atomic E-state index is 5.85. The molecule has 5 nitrogen and oxygen atoms in total. The molecule has 2 aliphatic rings. The van der Waals surface area contributed by atoms with Crippen LogP contribution in [0.1, 0.15) is 33.6 Å². The molecule has 2 fully saturated rings. The number of guanidine groups is 1. The lowest BCUT2D eigenvalue weighted by atomic mass is 10.1. The molecule has 1 atom stereocenters. The second-order valence-electron chi connectivity index (χ2n) is 5.40. The largest absolute Gasteiger partial charge is 0.369 e. The van der Waals surface area contributed by atoms with Gasteiger partial charge in [-0.05, 0) is 33.6 Å². The van der Waals surface area contributed by atoms with Crippen molar-refractivity contribution < 1.29 is 4.74 Å². The van der Waals surface area contributed by atoms with Gasteiger partial charge in [0.1, 0.15) is 0 Å². The average molecular weight is 226 g/mol. The minimum Gasteiger partial charge on any atom is -0.369 e. The Morgan fingerprint density at radius 1 is 1.50 bits per heavy atom. The molecule has 0 aromatic carbocycles. The third-order valence-electron chi connectivity index (χ3n) is 2.85. The van der Waals surface area contributed by atoms with Gasteiger partial charge < -0.3 is 9.64 Å². The first-order valence-corrected chi connectivity index (χ1v) is 5.97. The fraction of sp³-hybridized carbons (Fsp3) is 0.909. The van der Waals surface area contributed by atoms with Crippen molar-refractivity contribution in [1.29, 1.82) is 0 Å². The van der Waals surface area contributed by atoms with Crippen molar-refractivity contribution in [3.63, 3.8) is 0 Å². The summed E-state index contributed by atoms with van der Waals surface area (Å²) in [4.78, 5) is 6.77. The van der Waals surface area contributed by atoms with E-state index in [0.717, 1.165) is 19.0 Å². The number of hydrogen-bond donors (Lipinski definition) is 2. The van der Waals surface area contributed by atoms with Gasteiger partial charge in [0.15, 0.2) is 0 Å². The van der Waals surface area contributed by atoms with E-state index < -0.39 is 0 Å². The maximum atomic E-state index is 5.85. The Balaban J connectivity index is 2.06. The van der Waals surface area contributed by atoms with Gasteiger partial charge in [-0.3, -0.25) is 5.43 Å². The molecule has 0 bridgehead atoms. The number of morpholine rings is 1. The molecule has 1 aliphatic heterocycles. The van der Waals surface area contributed by atoms with Crippen LogP contribution in [-0.4, -0.2) is 41.7 Å². The molecule has 16 heavy (non-hydrogen) atoms. The molecule has 0 aromatic heterocycles. The molecule has 1 aliphatic carbocycles. The summed E-state index contributed by atoms with van der Waals surface area (Å²) in [6, 6.07) is 0.479. The Kier molecular flexibility index (Phi) is 3.08. The molecule has 0 spiro atoms. The SMILES string of the molecule is CC1CN(C(=NC2CC2)NN)CC(C)(C)O1. The molecular formula is C11H22N4O. The summed E-state index contributed by atoms with van der Waals surface area (Å²) in [6.07, 6.45) is 2.59. The van der Waals surface area contributed by atoms with E-state index in [1.165, 1.54) is 12.8 Å². The Labute approximate surface area is 97.0 Å². The van der Waals surface area contributed by atoms with Crippen molar-refractivity contribution in [2.24, 2.45) is 10.8 Å².